The number of hydrogen-bond donors (Lipinski definition) is 2. The molecular formula is C10H13N3O4S2. The molecule has 2 aromatic rings. The van der Waals surface area contributed by atoms with Crippen molar-refractivity contribution < 1.29 is 18.0 Å². The summed E-state index contributed by atoms with van der Waals surface area (Å²) in [4.78, 5) is 3.98. The molecule has 0 amide bonds. The van der Waals surface area contributed by atoms with Crippen LogP contribution in [0.3, 0.4) is 0 Å². The van der Waals surface area contributed by atoms with E-state index >= 15 is 0 Å². The number of aliphatic hydroxyl groups excluding tert-OH is 1. The molecule has 0 bridgehead atoms. The first kappa shape index (κ1) is 14.1. The molecule has 0 radical (unpaired) electrons. The third-order valence-corrected chi connectivity index (χ3v) is 5.23. The van der Waals surface area contributed by atoms with Crippen LogP contribution in [0.4, 0.5) is 0 Å². The summed E-state index contributed by atoms with van der Waals surface area (Å²) in [6.45, 7) is 1.70. The molecule has 2 N–H and O–H groups in total. The standard InChI is InChI=1S/C10H13N3O4S2/c1-7-12-9(17-13-7)2-3-11-19(15,16)10-4-8(5-14)6-18-10/h4,6,11,14H,2-3,5H2,1H3. The van der Waals surface area contributed by atoms with E-state index in [2.05, 4.69) is 14.9 Å². The van der Waals surface area contributed by atoms with E-state index in [4.69, 9.17) is 9.63 Å². The molecule has 0 unspecified atom stereocenters. The van der Waals surface area contributed by atoms with Gasteiger partial charge in [0, 0.05) is 13.0 Å². The Morgan fingerprint density at radius 2 is 2.32 bits per heavy atom. The van der Waals surface area contributed by atoms with E-state index in [0.29, 0.717) is 23.7 Å². The lowest BCUT2D eigenvalue weighted by atomic mass is 10.4. The van der Waals surface area contributed by atoms with Crippen molar-refractivity contribution in [2.45, 2.75) is 24.2 Å². The van der Waals surface area contributed by atoms with Gasteiger partial charge >= 0.3 is 0 Å². The highest BCUT2D eigenvalue weighted by Crippen LogP contribution is 2.19. The number of sulfonamides is 1. The zero-order chi connectivity index (χ0) is 13.9. The monoisotopic (exact) mass is 303 g/mol. The summed E-state index contributed by atoms with van der Waals surface area (Å²) in [7, 11) is -3.55. The van der Waals surface area contributed by atoms with Crippen LogP contribution >= 0.6 is 11.3 Å². The molecular weight excluding hydrogens is 290 g/mol. The molecule has 0 aliphatic rings. The predicted molar refractivity (Wildman–Crippen MR) is 68.2 cm³/mol. The molecule has 0 atom stereocenters. The van der Waals surface area contributed by atoms with E-state index in [9.17, 15) is 8.42 Å². The Hall–Kier alpha value is -1.29. The number of aromatic nitrogens is 2. The normalized spacial score (nSPS) is 11.9. The molecule has 2 rings (SSSR count). The van der Waals surface area contributed by atoms with Gasteiger partial charge in [-0.15, -0.1) is 11.3 Å². The van der Waals surface area contributed by atoms with E-state index < -0.39 is 10.0 Å². The second kappa shape index (κ2) is 5.78. The molecule has 0 aromatic carbocycles. The van der Waals surface area contributed by atoms with Crippen LogP contribution in [-0.4, -0.2) is 30.2 Å². The van der Waals surface area contributed by atoms with Gasteiger partial charge in [-0.25, -0.2) is 13.1 Å². The number of hydrogen-bond acceptors (Lipinski definition) is 7. The third kappa shape index (κ3) is 3.60. The van der Waals surface area contributed by atoms with Crippen LogP contribution in [-0.2, 0) is 23.1 Å². The van der Waals surface area contributed by atoms with E-state index in [1.807, 2.05) is 0 Å². The minimum absolute atomic E-state index is 0.173. The van der Waals surface area contributed by atoms with Crippen molar-refractivity contribution in [3.8, 4) is 0 Å². The predicted octanol–water partition coefficient (Wildman–Crippen LogP) is 0.453. The molecule has 2 heterocycles. The zero-order valence-corrected chi connectivity index (χ0v) is 11.8. The highest BCUT2D eigenvalue weighted by Gasteiger charge is 2.16. The Morgan fingerprint density at radius 3 is 2.89 bits per heavy atom. The van der Waals surface area contributed by atoms with E-state index in [1.165, 1.54) is 6.07 Å². The second-order valence-electron chi connectivity index (χ2n) is 3.82. The summed E-state index contributed by atoms with van der Waals surface area (Å²) >= 11 is 1.07. The largest absolute Gasteiger partial charge is 0.392 e. The van der Waals surface area contributed by atoms with Gasteiger partial charge in [0.15, 0.2) is 5.82 Å². The van der Waals surface area contributed by atoms with Crippen molar-refractivity contribution in [3.05, 3.63) is 28.7 Å². The molecule has 0 aliphatic carbocycles. The van der Waals surface area contributed by atoms with Crippen LogP contribution in [0.2, 0.25) is 0 Å². The molecule has 0 saturated heterocycles. The lowest BCUT2D eigenvalue weighted by Crippen LogP contribution is -2.25. The molecule has 0 spiro atoms. The fraction of sp³-hybridized carbons (Fsp3) is 0.400. The zero-order valence-electron chi connectivity index (χ0n) is 10.2. The van der Waals surface area contributed by atoms with Crippen molar-refractivity contribution in [2.75, 3.05) is 6.54 Å². The fourth-order valence-corrected chi connectivity index (χ4v) is 3.66. The minimum Gasteiger partial charge on any atom is -0.392 e. The van der Waals surface area contributed by atoms with Crippen LogP contribution in [0.15, 0.2) is 20.2 Å². The summed E-state index contributed by atoms with van der Waals surface area (Å²) in [5, 5.41) is 14.1. The van der Waals surface area contributed by atoms with Crippen LogP contribution in [0, 0.1) is 6.92 Å². The smallest absolute Gasteiger partial charge is 0.250 e. The molecule has 2 aromatic heterocycles. The number of rotatable bonds is 6. The number of aryl methyl sites for hydroxylation is 1. The van der Waals surface area contributed by atoms with Crippen molar-refractivity contribution in [3.63, 3.8) is 0 Å². The molecule has 0 saturated carbocycles. The lowest BCUT2D eigenvalue weighted by molar-refractivity contribution is 0.282. The number of nitrogens with zero attached hydrogens (tertiary/aromatic N) is 2. The van der Waals surface area contributed by atoms with Gasteiger partial charge in [0.25, 0.3) is 0 Å². The summed E-state index contributed by atoms with van der Waals surface area (Å²) in [6.07, 6.45) is 0.332. The first-order chi connectivity index (χ1) is 9.01. The number of thiophene rings is 1. The topological polar surface area (TPSA) is 105 Å². The SMILES string of the molecule is Cc1noc(CCNS(=O)(=O)c2cc(CO)cs2)n1. The molecule has 104 valence electrons. The Balaban J connectivity index is 1.94. The van der Waals surface area contributed by atoms with Crippen LogP contribution < -0.4 is 4.72 Å². The average molecular weight is 303 g/mol. The van der Waals surface area contributed by atoms with E-state index in [-0.39, 0.29) is 17.4 Å². The third-order valence-electron chi connectivity index (χ3n) is 2.28. The highest BCUT2D eigenvalue weighted by atomic mass is 32.2. The van der Waals surface area contributed by atoms with Gasteiger partial charge < -0.3 is 9.63 Å². The summed E-state index contributed by atoms with van der Waals surface area (Å²) in [5.41, 5.74) is 0.581. The number of nitrogens with one attached hydrogen (secondary N) is 1. The molecule has 19 heavy (non-hydrogen) atoms. The fourth-order valence-electron chi connectivity index (χ4n) is 1.38. The maximum atomic E-state index is 11.9. The molecule has 7 nitrogen and oxygen atoms in total. The molecule has 0 fully saturated rings. The quantitative estimate of drug-likeness (QED) is 0.803. The van der Waals surface area contributed by atoms with Crippen LogP contribution in [0.1, 0.15) is 17.3 Å². The van der Waals surface area contributed by atoms with Gasteiger partial charge in [-0.05, 0) is 23.9 Å². The summed E-state index contributed by atoms with van der Waals surface area (Å²) < 4.78 is 31.3. The van der Waals surface area contributed by atoms with Crippen LogP contribution in [0.25, 0.3) is 0 Å². The molecule has 9 heteroatoms. The van der Waals surface area contributed by atoms with Gasteiger partial charge in [0.2, 0.25) is 15.9 Å². The number of aliphatic hydroxyl groups is 1. The first-order valence-electron chi connectivity index (χ1n) is 5.48. The van der Waals surface area contributed by atoms with Gasteiger partial charge in [0.1, 0.15) is 4.21 Å². The van der Waals surface area contributed by atoms with Crippen molar-refractivity contribution in [1.29, 1.82) is 0 Å². The first-order valence-corrected chi connectivity index (χ1v) is 7.84. The Morgan fingerprint density at radius 1 is 1.53 bits per heavy atom. The maximum Gasteiger partial charge on any atom is 0.250 e. The Bertz CT molecular complexity index is 647. The Kier molecular flexibility index (Phi) is 4.30. The minimum atomic E-state index is -3.55. The van der Waals surface area contributed by atoms with Crippen molar-refractivity contribution >= 4 is 21.4 Å². The molecule has 0 aliphatic heterocycles. The van der Waals surface area contributed by atoms with Gasteiger partial charge in [0.05, 0.1) is 6.61 Å². The van der Waals surface area contributed by atoms with E-state index in [1.54, 1.807) is 12.3 Å². The van der Waals surface area contributed by atoms with Crippen molar-refractivity contribution in [2.24, 2.45) is 0 Å². The van der Waals surface area contributed by atoms with Crippen LogP contribution in [0.5, 0.6) is 0 Å². The van der Waals surface area contributed by atoms with Gasteiger partial charge in [-0.1, -0.05) is 5.16 Å². The second-order valence-corrected chi connectivity index (χ2v) is 6.72. The average Bonchev–Trinajstić information content (AvgIpc) is 2.98. The van der Waals surface area contributed by atoms with Gasteiger partial charge in [-0.2, -0.15) is 4.98 Å². The van der Waals surface area contributed by atoms with Crippen molar-refractivity contribution in [1.82, 2.24) is 14.9 Å². The maximum absolute atomic E-state index is 11.9. The summed E-state index contributed by atoms with van der Waals surface area (Å²) in [6, 6.07) is 1.45. The van der Waals surface area contributed by atoms with E-state index in [0.717, 1.165) is 11.3 Å². The summed E-state index contributed by atoms with van der Waals surface area (Å²) in [5.74, 6) is 0.908. The Labute approximate surface area is 114 Å². The lowest BCUT2D eigenvalue weighted by Gasteiger charge is -2.02. The highest BCUT2D eigenvalue weighted by molar-refractivity contribution is 7.91. The van der Waals surface area contributed by atoms with Gasteiger partial charge in [-0.3, -0.25) is 0 Å².